The van der Waals surface area contributed by atoms with E-state index in [1.165, 1.54) is 64.3 Å². The molecule has 0 aromatic heterocycles. The second-order valence-electron chi connectivity index (χ2n) is 7.62. The first-order valence-corrected chi connectivity index (χ1v) is 8.59. The SMILES string of the molecule is CN(CC(O)C1CCCCC1)CC1CC2CCC1C2. The molecular weight excluding hydrogens is 234 g/mol. The fourth-order valence-electron chi connectivity index (χ4n) is 5.06. The molecule has 19 heavy (non-hydrogen) atoms. The van der Waals surface area contributed by atoms with Crippen LogP contribution >= 0.6 is 0 Å². The molecule has 0 heterocycles. The standard InChI is InChI=1S/C17H31NO/c1-18(11-16-10-13-7-8-15(16)9-13)12-17(19)14-5-3-2-4-6-14/h13-17,19H,2-12H2,1H3. The number of aliphatic hydroxyl groups excluding tert-OH is 1. The minimum Gasteiger partial charge on any atom is -0.392 e. The molecule has 110 valence electrons. The maximum atomic E-state index is 10.4. The summed E-state index contributed by atoms with van der Waals surface area (Å²) in [5.74, 6) is 3.57. The van der Waals surface area contributed by atoms with Crippen LogP contribution in [-0.2, 0) is 0 Å². The summed E-state index contributed by atoms with van der Waals surface area (Å²) in [6, 6.07) is 0. The quantitative estimate of drug-likeness (QED) is 0.824. The van der Waals surface area contributed by atoms with Gasteiger partial charge in [0.25, 0.3) is 0 Å². The summed E-state index contributed by atoms with van der Waals surface area (Å²) in [5.41, 5.74) is 0. The van der Waals surface area contributed by atoms with Crippen LogP contribution in [0.4, 0.5) is 0 Å². The van der Waals surface area contributed by atoms with Gasteiger partial charge in [-0.1, -0.05) is 25.7 Å². The maximum absolute atomic E-state index is 10.4. The van der Waals surface area contributed by atoms with Crippen molar-refractivity contribution in [3.63, 3.8) is 0 Å². The predicted octanol–water partition coefficient (Wildman–Crippen LogP) is 3.30. The molecule has 0 saturated heterocycles. The zero-order chi connectivity index (χ0) is 13.2. The summed E-state index contributed by atoms with van der Waals surface area (Å²) in [5, 5.41) is 10.4. The third-order valence-corrected chi connectivity index (χ3v) is 6.12. The van der Waals surface area contributed by atoms with Crippen molar-refractivity contribution in [3.05, 3.63) is 0 Å². The molecule has 3 rings (SSSR count). The summed E-state index contributed by atoms with van der Waals surface area (Å²) in [6.07, 6.45) is 12.4. The van der Waals surface area contributed by atoms with E-state index in [4.69, 9.17) is 0 Å². The minimum absolute atomic E-state index is 0.0797. The number of fused-ring (bicyclic) bond motifs is 2. The van der Waals surface area contributed by atoms with Gasteiger partial charge in [-0.15, -0.1) is 0 Å². The van der Waals surface area contributed by atoms with Gasteiger partial charge in [0.05, 0.1) is 6.10 Å². The van der Waals surface area contributed by atoms with E-state index in [9.17, 15) is 5.11 Å². The molecule has 3 saturated carbocycles. The van der Waals surface area contributed by atoms with Crippen molar-refractivity contribution in [3.8, 4) is 0 Å². The molecule has 3 fully saturated rings. The van der Waals surface area contributed by atoms with E-state index in [-0.39, 0.29) is 6.10 Å². The van der Waals surface area contributed by atoms with Crippen LogP contribution in [-0.4, -0.2) is 36.2 Å². The summed E-state index contributed by atoms with van der Waals surface area (Å²) >= 11 is 0. The zero-order valence-corrected chi connectivity index (χ0v) is 12.6. The molecule has 0 amide bonds. The highest BCUT2D eigenvalue weighted by atomic mass is 16.3. The van der Waals surface area contributed by atoms with Gasteiger partial charge < -0.3 is 10.0 Å². The Balaban J connectivity index is 1.41. The van der Waals surface area contributed by atoms with Gasteiger partial charge in [-0.3, -0.25) is 0 Å². The average molecular weight is 265 g/mol. The lowest BCUT2D eigenvalue weighted by atomic mass is 9.84. The van der Waals surface area contributed by atoms with Crippen LogP contribution < -0.4 is 0 Å². The Morgan fingerprint density at radius 2 is 1.84 bits per heavy atom. The van der Waals surface area contributed by atoms with Crippen LogP contribution in [0, 0.1) is 23.7 Å². The Morgan fingerprint density at radius 1 is 1.05 bits per heavy atom. The highest BCUT2D eigenvalue weighted by molar-refractivity contribution is 4.91. The topological polar surface area (TPSA) is 23.5 Å². The summed E-state index contributed by atoms with van der Waals surface area (Å²) in [4.78, 5) is 2.42. The van der Waals surface area contributed by atoms with Crippen molar-refractivity contribution in [2.45, 2.75) is 63.9 Å². The van der Waals surface area contributed by atoms with Crippen LogP contribution in [0.5, 0.6) is 0 Å². The molecule has 0 aromatic rings. The van der Waals surface area contributed by atoms with Gasteiger partial charge >= 0.3 is 0 Å². The van der Waals surface area contributed by atoms with Gasteiger partial charge in [0.15, 0.2) is 0 Å². The normalized spacial score (nSPS) is 37.1. The van der Waals surface area contributed by atoms with E-state index in [2.05, 4.69) is 11.9 Å². The molecule has 0 aliphatic heterocycles. The first kappa shape index (κ1) is 13.9. The van der Waals surface area contributed by atoms with Crippen molar-refractivity contribution >= 4 is 0 Å². The van der Waals surface area contributed by atoms with Crippen molar-refractivity contribution in [1.29, 1.82) is 0 Å². The molecule has 0 spiro atoms. The summed E-state index contributed by atoms with van der Waals surface area (Å²) in [6.45, 7) is 2.13. The molecule has 3 aliphatic rings. The number of likely N-dealkylation sites (N-methyl/N-ethyl adjacent to an activating group) is 1. The zero-order valence-electron chi connectivity index (χ0n) is 12.6. The van der Waals surface area contributed by atoms with Crippen LogP contribution in [0.3, 0.4) is 0 Å². The number of hydrogen-bond donors (Lipinski definition) is 1. The predicted molar refractivity (Wildman–Crippen MR) is 79.0 cm³/mol. The van der Waals surface area contributed by atoms with Gasteiger partial charge in [0.2, 0.25) is 0 Å². The lowest BCUT2D eigenvalue weighted by Crippen LogP contribution is -2.38. The van der Waals surface area contributed by atoms with Gasteiger partial charge in [-0.25, -0.2) is 0 Å². The van der Waals surface area contributed by atoms with Gasteiger partial charge in [-0.2, -0.15) is 0 Å². The van der Waals surface area contributed by atoms with Gasteiger partial charge in [-0.05, 0) is 62.8 Å². The van der Waals surface area contributed by atoms with Gasteiger partial charge in [0.1, 0.15) is 0 Å². The highest BCUT2D eigenvalue weighted by Crippen LogP contribution is 2.48. The lowest BCUT2D eigenvalue weighted by molar-refractivity contribution is 0.0482. The minimum atomic E-state index is -0.0797. The average Bonchev–Trinajstić information content (AvgIpc) is 3.02. The maximum Gasteiger partial charge on any atom is 0.0695 e. The highest BCUT2D eigenvalue weighted by Gasteiger charge is 2.39. The molecule has 4 atom stereocenters. The number of rotatable bonds is 5. The molecule has 0 radical (unpaired) electrons. The molecule has 2 heteroatoms. The summed E-state index contributed by atoms with van der Waals surface area (Å²) < 4.78 is 0. The first-order chi connectivity index (χ1) is 9.22. The van der Waals surface area contributed by atoms with Crippen LogP contribution in [0.15, 0.2) is 0 Å². The van der Waals surface area contributed by atoms with E-state index in [0.717, 1.165) is 24.3 Å². The monoisotopic (exact) mass is 265 g/mol. The van der Waals surface area contributed by atoms with E-state index in [0.29, 0.717) is 5.92 Å². The van der Waals surface area contributed by atoms with Crippen molar-refractivity contribution in [2.24, 2.45) is 23.7 Å². The molecule has 1 N–H and O–H groups in total. The molecular formula is C17H31NO. The Bertz CT molecular complexity index is 287. The number of hydrogen-bond acceptors (Lipinski definition) is 2. The Morgan fingerprint density at radius 3 is 2.47 bits per heavy atom. The molecule has 4 unspecified atom stereocenters. The van der Waals surface area contributed by atoms with E-state index >= 15 is 0 Å². The molecule has 2 bridgehead atoms. The largest absolute Gasteiger partial charge is 0.392 e. The second-order valence-corrected chi connectivity index (χ2v) is 7.62. The third kappa shape index (κ3) is 3.33. The lowest BCUT2D eigenvalue weighted by Gasteiger charge is -2.32. The molecule has 0 aromatic carbocycles. The molecule has 2 nitrogen and oxygen atoms in total. The van der Waals surface area contributed by atoms with Crippen LogP contribution in [0.1, 0.15) is 57.8 Å². The number of nitrogens with zero attached hydrogens (tertiary/aromatic N) is 1. The fourth-order valence-corrected chi connectivity index (χ4v) is 5.06. The first-order valence-electron chi connectivity index (χ1n) is 8.59. The summed E-state index contributed by atoms with van der Waals surface area (Å²) in [7, 11) is 2.22. The van der Waals surface area contributed by atoms with E-state index in [1.54, 1.807) is 0 Å². The number of aliphatic hydroxyl groups is 1. The smallest absolute Gasteiger partial charge is 0.0695 e. The van der Waals surface area contributed by atoms with Crippen LogP contribution in [0.25, 0.3) is 0 Å². The molecule has 3 aliphatic carbocycles. The van der Waals surface area contributed by atoms with E-state index in [1.807, 2.05) is 0 Å². The van der Waals surface area contributed by atoms with Crippen molar-refractivity contribution in [1.82, 2.24) is 4.90 Å². The fraction of sp³-hybridized carbons (Fsp3) is 1.00. The third-order valence-electron chi connectivity index (χ3n) is 6.12. The Kier molecular flexibility index (Phi) is 4.48. The Labute approximate surface area is 118 Å². The van der Waals surface area contributed by atoms with E-state index < -0.39 is 0 Å². The second kappa shape index (κ2) is 6.13. The van der Waals surface area contributed by atoms with Gasteiger partial charge in [0, 0.05) is 13.1 Å². The van der Waals surface area contributed by atoms with Crippen molar-refractivity contribution in [2.75, 3.05) is 20.1 Å². The van der Waals surface area contributed by atoms with Crippen LogP contribution in [0.2, 0.25) is 0 Å². The van der Waals surface area contributed by atoms with Crippen molar-refractivity contribution < 1.29 is 5.11 Å². The Hall–Kier alpha value is -0.0800.